The third-order valence-corrected chi connectivity index (χ3v) is 4.99. The SMILES string of the molecule is Cc1ccc(C)c(N(CCC(=O)NCc2ccncc2)S(C)(=O)=O)c1. The van der Waals surface area contributed by atoms with E-state index in [0.717, 1.165) is 22.9 Å². The molecule has 0 aliphatic heterocycles. The molecule has 2 rings (SSSR count). The second-order valence-electron chi connectivity index (χ2n) is 6.01. The molecule has 134 valence electrons. The summed E-state index contributed by atoms with van der Waals surface area (Å²) in [6.45, 7) is 4.26. The van der Waals surface area contributed by atoms with Crippen molar-refractivity contribution in [1.82, 2.24) is 10.3 Å². The molecule has 0 aliphatic carbocycles. The summed E-state index contributed by atoms with van der Waals surface area (Å²) in [4.78, 5) is 16.0. The van der Waals surface area contributed by atoms with Crippen LogP contribution in [0.4, 0.5) is 5.69 Å². The zero-order chi connectivity index (χ0) is 18.4. The van der Waals surface area contributed by atoms with Gasteiger partial charge in [-0.2, -0.15) is 0 Å². The van der Waals surface area contributed by atoms with Crippen LogP contribution in [0.5, 0.6) is 0 Å². The molecule has 0 unspecified atom stereocenters. The fourth-order valence-corrected chi connectivity index (χ4v) is 3.42. The largest absolute Gasteiger partial charge is 0.352 e. The Kier molecular flexibility index (Phi) is 6.14. The number of aryl methyl sites for hydroxylation is 2. The number of pyridine rings is 1. The van der Waals surface area contributed by atoms with E-state index in [2.05, 4.69) is 10.3 Å². The van der Waals surface area contributed by atoms with Crippen molar-refractivity contribution < 1.29 is 13.2 Å². The Morgan fingerprint density at radius 1 is 1.16 bits per heavy atom. The number of amides is 1. The number of benzene rings is 1. The lowest BCUT2D eigenvalue weighted by atomic mass is 10.1. The fourth-order valence-electron chi connectivity index (χ4n) is 2.45. The van der Waals surface area contributed by atoms with E-state index in [0.29, 0.717) is 12.2 Å². The number of rotatable bonds is 7. The van der Waals surface area contributed by atoms with Gasteiger partial charge in [-0.1, -0.05) is 12.1 Å². The maximum atomic E-state index is 12.2. The first-order valence-corrected chi connectivity index (χ1v) is 9.83. The number of hydrogen-bond donors (Lipinski definition) is 1. The normalized spacial score (nSPS) is 11.2. The number of hydrogen-bond acceptors (Lipinski definition) is 4. The molecule has 0 bridgehead atoms. The van der Waals surface area contributed by atoms with Crippen LogP contribution in [-0.4, -0.2) is 32.1 Å². The minimum absolute atomic E-state index is 0.0888. The van der Waals surface area contributed by atoms with Crippen molar-refractivity contribution in [3.8, 4) is 0 Å². The molecule has 6 nitrogen and oxygen atoms in total. The van der Waals surface area contributed by atoms with Crippen molar-refractivity contribution in [2.24, 2.45) is 0 Å². The van der Waals surface area contributed by atoms with Crippen LogP contribution in [0.2, 0.25) is 0 Å². The third kappa shape index (κ3) is 5.56. The first-order chi connectivity index (χ1) is 11.8. The van der Waals surface area contributed by atoms with E-state index >= 15 is 0 Å². The highest BCUT2D eigenvalue weighted by atomic mass is 32.2. The average molecular weight is 361 g/mol. The van der Waals surface area contributed by atoms with Gasteiger partial charge in [0.15, 0.2) is 0 Å². The molecular formula is C18H23N3O3S. The smallest absolute Gasteiger partial charge is 0.232 e. The molecule has 1 heterocycles. The molecule has 0 saturated carbocycles. The molecule has 0 radical (unpaired) electrons. The van der Waals surface area contributed by atoms with E-state index in [9.17, 15) is 13.2 Å². The molecule has 0 spiro atoms. The maximum Gasteiger partial charge on any atom is 0.232 e. The third-order valence-electron chi connectivity index (χ3n) is 3.81. The van der Waals surface area contributed by atoms with Crippen molar-refractivity contribution >= 4 is 21.6 Å². The molecule has 1 aromatic heterocycles. The van der Waals surface area contributed by atoms with Gasteiger partial charge >= 0.3 is 0 Å². The van der Waals surface area contributed by atoms with E-state index in [4.69, 9.17) is 0 Å². The quantitative estimate of drug-likeness (QED) is 0.820. The zero-order valence-electron chi connectivity index (χ0n) is 14.7. The van der Waals surface area contributed by atoms with Gasteiger partial charge in [-0.05, 0) is 48.7 Å². The van der Waals surface area contributed by atoms with E-state index in [1.54, 1.807) is 12.4 Å². The first-order valence-electron chi connectivity index (χ1n) is 7.98. The standard InChI is InChI=1S/C18H23N3O3S/c1-14-4-5-15(2)17(12-14)21(25(3,23)24)11-8-18(22)20-13-16-6-9-19-10-7-16/h4-7,9-10,12H,8,11,13H2,1-3H3,(H,20,22). The summed E-state index contributed by atoms with van der Waals surface area (Å²) in [6.07, 6.45) is 4.57. The van der Waals surface area contributed by atoms with Gasteiger partial charge in [0.2, 0.25) is 15.9 Å². The molecule has 0 aliphatic rings. The molecule has 7 heteroatoms. The van der Waals surface area contributed by atoms with E-state index < -0.39 is 10.0 Å². The second-order valence-corrected chi connectivity index (χ2v) is 7.91. The Labute approximate surface area is 148 Å². The fraction of sp³-hybridized carbons (Fsp3) is 0.333. The summed E-state index contributed by atoms with van der Waals surface area (Å²) in [5.41, 5.74) is 3.38. The predicted octanol–water partition coefficient (Wildman–Crippen LogP) is 2.17. The van der Waals surface area contributed by atoms with Crippen LogP contribution in [0, 0.1) is 13.8 Å². The van der Waals surface area contributed by atoms with E-state index in [-0.39, 0.29) is 18.9 Å². The lowest BCUT2D eigenvalue weighted by Gasteiger charge is -2.24. The van der Waals surface area contributed by atoms with Gasteiger partial charge in [0.1, 0.15) is 0 Å². The number of nitrogens with zero attached hydrogens (tertiary/aromatic N) is 2. The molecule has 1 amide bonds. The van der Waals surface area contributed by atoms with E-state index in [1.807, 2.05) is 44.2 Å². The van der Waals surface area contributed by atoms with Gasteiger partial charge in [-0.15, -0.1) is 0 Å². The summed E-state index contributed by atoms with van der Waals surface area (Å²) in [5.74, 6) is -0.198. The van der Waals surface area contributed by atoms with Crippen LogP contribution >= 0.6 is 0 Å². The van der Waals surface area contributed by atoms with Gasteiger partial charge in [0.05, 0.1) is 11.9 Å². The van der Waals surface area contributed by atoms with Gasteiger partial charge in [-0.25, -0.2) is 8.42 Å². The highest BCUT2D eigenvalue weighted by Crippen LogP contribution is 2.24. The number of nitrogens with one attached hydrogen (secondary N) is 1. The molecular weight excluding hydrogens is 338 g/mol. The highest BCUT2D eigenvalue weighted by Gasteiger charge is 2.20. The molecule has 0 atom stereocenters. The molecule has 25 heavy (non-hydrogen) atoms. The van der Waals surface area contributed by atoms with Crippen LogP contribution in [0.25, 0.3) is 0 Å². The lowest BCUT2D eigenvalue weighted by molar-refractivity contribution is -0.121. The summed E-state index contributed by atoms with van der Waals surface area (Å²) in [6, 6.07) is 9.27. The monoisotopic (exact) mass is 361 g/mol. The van der Waals surface area contributed by atoms with Crippen molar-refractivity contribution in [3.63, 3.8) is 0 Å². The second kappa shape index (κ2) is 8.11. The van der Waals surface area contributed by atoms with Gasteiger partial charge in [0, 0.05) is 31.9 Å². The highest BCUT2D eigenvalue weighted by molar-refractivity contribution is 7.92. The van der Waals surface area contributed by atoms with Crippen LogP contribution < -0.4 is 9.62 Å². The maximum absolute atomic E-state index is 12.2. The number of sulfonamides is 1. The Hall–Kier alpha value is -2.41. The lowest BCUT2D eigenvalue weighted by Crippen LogP contribution is -2.35. The van der Waals surface area contributed by atoms with Crippen LogP contribution in [0.15, 0.2) is 42.7 Å². The number of aromatic nitrogens is 1. The number of anilines is 1. The Bertz CT molecular complexity index is 836. The van der Waals surface area contributed by atoms with Crippen LogP contribution in [0.3, 0.4) is 0 Å². The van der Waals surface area contributed by atoms with Gasteiger partial charge < -0.3 is 5.32 Å². The molecule has 1 N–H and O–H groups in total. The van der Waals surface area contributed by atoms with Crippen molar-refractivity contribution in [2.75, 3.05) is 17.1 Å². The zero-order valence-corrected chi connectivity index (χ0v) is 15.5. The van der Waals surface area contributed by atoms with Gasteiger partial charge in [-0.3, -0.25) is 14.1 Å². The summed E-state index contributed by atoms with van der Waals surface area (Å²) in [5, 5.41) is 2.80. The predicted molar refractivity (Wildman–Crippen MR) is 98.8 cm³/mol. The molecule has 2 aromatic rings. The van der Waals surface area contributed by atoms with Gasteiger partial charge in [0.25, 0.3) is 0 Å². The average Bonchev–Trinajstić information content (AvgIpc) is 2.56. The first kappa shape index (κ1) is 18.9. The van der Waals surface area contributed by atoms with Crippen molar-refractivity contribution in [3.05, 3.63) is 59.4 Å². The van der Waals surface area contributed by atoms with Crippen molar-refractivity contribution in [1.29, 1.82) is 0 Å². The number of carbonyl (C=O) groups is 1. The Morgan fingerprint density at radius 3 is 2.48 bits per heavy atom. The van der Waals surface area contributed by atoms with E-state index in [1.165, 1.54) is 4.31 Å². The molecule has 0 fully saturated rings. The minimum Gasteiger partial charge on any atom is -0.352 e. The summed E-state index contributed by atoms with van der Waals surface area (Å²) >= 11 is 0. The molecule has 1 aromatic carbocycles. The van der Waals surface area contributed by atoms with Crippen LogP contribution in [-0.2, 0) is 21.4 Å². The Morgan fingerprint density at radius 2 is 1.84 bits per heavy atom. The molecule has 0 saturated heterocycles. The van der Waals surface area contributed by atoms with Crippen molar-refractivity contribution in [2.45, 2.75) is 26.8 Å². The summed E-state index contributed by atoms with van der Waals surface area (Å²) in [7, 11) is -3.47. The minimum atomic E-state index is -3.47. The Balaban J connectivity index is 2.03. The number of carbonyl (C=O) groups excluding carboxylic acids is 1. The topological polar surface area (TPSA) is 79.4 Å². The summed E-state index contributed by atoms with van der Waals surface area (Å²) < 4.78 is 25.6. The van der Waals surface area contributed by atoms with Crippen LogP contribution in [0.1, 0.15) is 23.1 Å².